The number of aliphatic hydroxyl groups excluding tert-OH is 1. The predicted molar refractivity (Wildman–Crippen MR) is 121 cm³/mol. The van der Waals surface area contributed by atoms with Crippen LogP contribution in [0.2, 0.25) is 0 Å². The molecule has 2 aromatic carbocycles. The zero-order chi connectivity index (χ0) is 23.4. The first-order chi connectivity index (χ1) is 15.2. The number of hydrogen-bond acceptors (Lipinski definition) is 7. The standard InChI is InChI=1S/C23H28N2O6S/c1-23(22(27)24-28,32(2,29)30)15-20-14-21(25-31-20)19-11-9-18(10-12-19)17-7-5-16(6-8-17)4-3-13-26/h5-12,20,26,28H,3-4,13-15H2,1-2H3,(H,24,27)/t20-,23-/m1/s1. The summed E-state index contributed by atoms with van der Waals surface area (Å²) in [6.07, 6.45) is 2.15. The van der Waals surface area contributed by atoms with Gasteiger partial charge in [0.05, 0.1) is 5.71 Å². The molecule has 0 bridgehead atoms. The third kappa shape index (κ3) is 5.17. The van der Waals surface area contributed by atoms with Crippen molar-refractivity contribution in [2.24, 2.45) is 5.16 Å². The second-order valence-corrected chi connectivity index (χ2v) is 10.7. The Balaban J connectivity index is 1.67. The van der Waals surface area contributed by atoms with Crippen molar-refractivity contribution in [1.29, 1.82) is 0 Å². The molecule has 9 heteroatoms. The van der Waals surface area contributed by atoms with Gasteiger partial charge in [-0.25, -0.2) is 13.9 Å². The van der Waals surface area contributed by atoms with Crippen molar-refractivity contribution < 1.29 is 28.4 Å². The fourth-order valence-electron chi connectivity index (χ4n) is 3.68. The van der Waals surface area contributed by atoms with E-state index in [2.05, 4.69) is 17.3 Å². The number of carbonyl (C=O) groups excluding carboxylic acids is 1. The zero-order valence-electron chi connectivity index (χ0n) is 18.1. The monoisotopic (exact) mass is 460 g/mol. The molecule has 0 fully saturated rings. The first-order valence-corrected chi connectivity index (χ1v) is 12.2. The van der Waals surface area contributed by atoms with E-state index in [1.807, 2.05) is 36.4 Å². The van der Waals surface area contributed by atoms with E-state index in [-0.39, 0.29) is 13.0 Å². The molecule has 0 unspecified atom stereocenters. The lowest BCUT2D eigenvalue weighted by Gasteiger charge is -2.26. The van der Waals surface area contributed by atoms with Crippen LogP contribution in [0.15, 0.2) is 53.7 Å². The molecule has 1 heterocycles. The number of hydroxylamine groups is 1. The number of nitrogens with zero attached hydrogens (tertiary/aromatic N) is 1. The Morgan fingerprint density at radius 2 is 1.69 bits per heavy atom. The molecule has 2 atom stereocenters. The minimum Gasteiger partial charge on any atom is -0.396 e. The molecule has 1 aliphatic heterocycles. The first-order valence-electron chi connectivity index (χ1n) is 10.4. The molecular formula is C23H28N2O6S. The number of nitrogens with one attached hydrogen (secondary N) is 1. The smallest absolute Gasteiger partial charge is 0.264 e. The summed E-state index contributed by atoms with van der Waals surface area (Å²) >= 11 is 0. The Kier molecular flexibility index (Phi) is 7.33. The van der Waals surface area contributed by atoms with Gasteiger partial charge in [0.1, 0.15) is 6.10 Å². The summed E-state index contributed by atoms with van der Waals surface area (Å²) in [6.45, 7) is 1.44. The van der Waals surface area contributed by atoms with E-state index in [9.17, 15) is 13.2 Å². The van der Waals surface area contributed by atoms with Crippen molar-refractivity contribution in [1.82, 2.24) is 5.48 Å². The molecule has 32 heavy (non-hydrogen) atoms. The van der Waals surface area contributed by atoms with E-state index in [4.69, 9.17) is 15.2 Å². The van der Waals surface area contributed by atoms with Crippen LogP contribution in [-0.2, 0) is 25.9 Å². The van der Waals surface area contributed by atoms with E-state index in [0.29, 0.717) is 12.1 Å². The molecule has 3 rings (SSSR count). The van der Waals surface area contributed by atoms with E-state index < -0.39 is 26.6 Å². The molecule has 0 aromatic heterocycles. The van der Waals surface area contributed by atoms with Crippen LogP contribution in [0.4, 0.5) is 0 Å². The topological polar surface area (TPSA) is 125 Å². The quantitative estimate of drug-likeness (QED) is 0.390. The Bertz CT molecular complexity index is 1080. The molecule has 0 saturated carbocycles. The maximum absolute atomic E-state index is 12.2. The molecule has 8 nitrogen and oxygen atoms in total. The van der Waals surface area contributed by atoms with Crippen LogP contribution in [0.25, 0.3) is 11.1 Å². The van der Waals surface area contributed by atoms with Gasteiger partial charge in [-0.2, -0.15) is 0 Å². The van der Waals surface area contributed by atoms with Crippen molar-refractivity contribution in [2.45, 2.75) is 43.5 Å². The Hall–Kier alpha value is -2.75. The highest BCUT2D eigenvalue weighted by atomic mass is 32.2. The Morgan fingerprint density at radius 1 is 1.12 bits per heavy atom. The lowest BCUT2D eigenvalue weighted by atomic mass is 9.95. The molecular weight excluding hydrogens is 432 g/mol. The average Bonchev–Trinajstić information content (AvgIpc) is 3.25. The number of carbonyl (C=O) groups is 1. The van der Waals surface area contributed by atoms with Crippen LogP contribution >= 0.6 is 0 Å². The number of rotatable bonds is 9. The van der Waals surface area contributed by atoms with Crippen LogP contribution in [0.5, 0.6) is 0 Å². The molecule has 0 saturated heterocycles. The van der Waals surface area contributed by atoms with Gasteiger partial charge in [0, 0.05) is 25.7 Å². The summed E-state index contributed by atoms with van der Waals surface area (Å²) in [6, 6.07) is 16.0. The molecule has 172 valence electrons. The highest BCUT2D eigenvalue weighted by Gasteiger charge is 2.47. The Morgan fingerprint density at radius 3 is 2.22 bits per heavy atom. The summed E-state index contributed by atoms with van der Waals surface area (Å²) in [5.74, 6) is -0.996. The minimum atomic E-state index is -3.81. The summed E-state index contributed by atoms with van der Waals surface area (Å²) in [4.78, 5) is 17.4. The van der Waals surface area contributed by atoms with Gasteiger partial charge in [0.2, 0.25) is 0 Å². The summed E-state index contributed by atoms with van der Waals surface area (Å²) < 4.78 is 22.5. The molecule has 1 aliphatic rings. The van der Waals surface area contributed by atoms with Gasteiger partial charge in [0.25, 0.3) is 5.91 Å². The van der Waals surface area contributed by atoms with Crippen LogP contribution in [0.1, 0.15) is 37.3 Å². The highest BCUT2D eigenvalue weighted by molar-refractivity contribution is 7.92. The molecule has 0 aliphatic carbocycles. The number of benzene rings is 2. The van der Waals surface area contributed by atoms with Crippen LogP contribution in [0.3, 0.4) is 0 Å². The lowest BCUT2D eigenvalue weighted by Crippen LogP contribution is -2.51. The second-order valence-electron chi connectivity index (χ2n) is 8.22. The number of oxime groups is 1. The third-order valence-corrected chi connectivity index (χ3v) is 7.87. The number of aryl methyl sites for hydroxylation is 1. The molecule has 0 spiro atoms. The van der Waals surface area contributed by atoms with Crippen molar-refractivity contribution >= 4 is 21.5 Å². The predicted octanol–water partition coefficient (Wildman–Crippen LogP) is 2.47. The van der Waals surface area contributed by atoms with E-state index >= 15 is 0 Å². The number of aliphatic hydroxyl groups is 1. The SMILES string of the molecule is C[C@@](C[C@H]1CC(c2ccc(-c3ccc(CCCO)cc3)cc2)=NO1)(C(=O)NO)S(C)(=O)=O. The zero-order valence-corrected chi connectivity index (χ0v) is 18.9. The van der Waals surface area contributed by atoms with Gasteiger partial charge in [-0.05, 0) is 42.0 Å². The van der Waals surface area contributed by atoms with Crippen molar-refractivity contribution in [3.05, 3.63) is 59.7 Å². The van der Waals surface area contributed by atoms with E-state index in [1.54, 1.807) is 0 Å². The summed E-state index contributed by atoms with van der Waals surface area (Å²) in [7, 11) is -3.81. The minimum absolute atomic E-state index is 0.133. The van der Waals surface area contributed by atoms with Gasteiger partial charge in [-0.1, -0.05) is 53.7 Å². The van der Waals surface area contributed by atoms with E-state index in [1.165, 1.54) is 18.0 Å². The van der Waals surface area contributed by atoms with Crippen molar-refractivity contribution in [3.63, 3.8) is 0 Å². The maximum Gasteiger partial charge on any atom is 0.264 e. The van der Waals surface area contributed by atoms with Gasteiger partial charge in [0.15, 0.2) is 14.6 Å². The third-order valence-electron chi connectivity index (χ3n) is 5.88. The number of hydrogen-bond donors (Lipinski definition) is 3. The van der Waals surface area contributed by atoms with E-state index in [0.717, 1.165) is 35.8 Å². The maximum atomic E-state index is 12.2. The molecule has 2 aromatic rings. The normalized spacial score (nSPS) is 17.9. The van der Waals surface area contributed by atoms with Crippen molar-refractivity contribution in [3.8, 4) is 11.1 Å². The van der Waals surface area contributed by atoms with Gasteiger partial charge < -0.3 is 9.94 Å². The van der Waals surface area contributed by atoms with Crippen molar-refractivity contribution in [2.75, 3.05) is 12.9 Å². The first kappa shape index (κ1) is 23.9. The summed E-state index contributed by atoms with van der Waals surface area (Å²) in [5, 5.41) is 22.0. The van der Waals surface area contributed by atoms with Gasteiger partial charge in [-0.3, -0.25) is 10.0 Å². The molecule has 1 amide bonds. The Labute approximate surface area is 187 Å². The number of sulfone groups is 1. The number of amides is 1. The lowest BCUT2D eigenvalue weighted by molar-refractivity contribution is -0.132. The van der Waals surface area contributed by atoms with Crippen LogP contribution in [-0.4, -0.2) is 54.1 Å². The molecule has 3 N–H and O–H groups in total. The second kappa shape index (κ2) is 9.81. The fourth-order valence-corrected chi connectivity index (χ4v) is 4.55. The largest absolute Gasteiger partial charge is 0.396 e. The summed E-state index contributed by atoms with van der Waals surface area (Å²) in [5.41, 5.74) is 6.26. The average molecular weight is 461 g/mol. The highest BCUT2D eigenvalue weighted by Crippen LogP contribution is 2.30. The van der Waals surface area contributed by atoms with Gasteiger partial charge in [-0.15, -0.1) is 0 Å². The van der Waals surface area contributed by atoms with Gasteiger partial charge >= 0.3 is 0 Å². The molecule has 0 radical (unpaired) electrons. The van der Waals surface area contributed by atoms with Crippen LogP contribution < -0.4 is 5.48 Å². The van der Waals surface area contributed by atoms with Crippen LogP contribution in [0, 0.1) is 0 Å². The fraction of sp³-hybridized carbons (Fsp3) is 0.391.